The van der Waals surface area contributed by atoms with Gasteiger partial charge < -0.3 is 10.2 Å². The van der Waals surface area contributed by atoms with Gasteiger partial charge in [-0.2, -0.15) is 0 Å². The van der Waals surface area contributed by atoms with Crippen molar-refractivity contribution < 1.29 is 18.0 Å². The second-order valence-corrected chi connectivity index (χ2v) is 13.8. The third kappa shape index (κ3) is 8.38. The Hall–Kier alpha value is -2.78. The molecule has 0 aromatic heterocycles. The first-order valence-electron chi connectivity index (χ1n) is 13.0. The monoisotopic (exact) mass is 637 g/mol. The molecular weight excluding hydrogens is 605 g/mol. The highest BCUT2D eigenvalue weighted by Crippen LogP contribution is 2.35. The van der Waals surface area contributed by atoms with Crippen molar-refractivity contribution in [1.29, 1.82) is 0 Å². The Kier molecular flexibility index (Phi) is 10.7. The molecule has 3 rings (SSSR count). The van der Waals surface area contributed by atoms with E-state index >= 15 is 0 Å². The van der Waals surface area contributed by atoms with Crippen molar-refractivity contribution in [3.63, 3.8) is 0 Å². The van der Waals surface area contributed by atoms with Gasteiger partial charge in [-0.1, -0.05) is 77.6 Å². The molecule has 220 valence electrons. The van der Waals surface area contributed by atoms with Gasteiger partial charge in [-0.15, -0.1) is 0 Å². The van der Waals surface area contributed by atoms with Crippen molar-refractivity contribution in [2.24, 2.45) is 0 Å². The molecule has 0 aliphatic rings. The molecule has 0 radical (unpaired) electrons. The molecule has 0 saturated heterocycles. The zero-order valence-corrected chi connectivity index (χ0v) is 26.7. The zero-order chi connectivity index (χ0) is 30.5. The van der Waals surface area contributed by atoms with Crippen LogP contribution in [0.1, 0.15) is 45.2 Å². The number of carbonyl (C=O) groups is 2. The fourth-order valence-electron chi connectivity index (χ4n) is 4.19. The Morgan fingerprint density at radius 3 is 2.10 bits per heavy atom. The standard InChI is InChI=1S/C30H34Cl3N3O4S/c1-6-25(29(38)34-30(3,4)5)35(18-21-12-14-22(31)15-13-21)27(37)19-36(26-9-7-8-24(32)28(26)33)41(39,40)23-16-10-20(2)11-17-23/h7-17,25H,6,18-19H2,1-5H3,(H,34,38)/t25-/m1/s1. The third-order valence-corrected chi connectivity index (χ3v) is 9.07. The summed E-state index contributed by atoms with van der Waals surface area (Å²) in [4.78, 5) is 28.9. The molecule has 0 aliphatic heterocycles. The highest BCUT2D eigenvalue weighted by atomic mass is 35.5. The fourth-order valence-corrected chi connectivity index (χ4v) is 6.19. The highest BCUT2D eigenvalue weighted by Gasteiger charge is 2.35. The summed E-state index contributed by atoms with van der Waals surface area (Å²) in [6.07, 6.45) is 0.296. The number of nitrogens with zero attached hydrogens (tertiary/aromatic N) is 2. The number of hydrogen-bond donors (Lipinski definition) is 1. The van der Waals surface area contributed by atoms with Crippen LogP contribution in [0.25, 0.3) is 0 Å². The van der Waals surface area contributed by atoms with Crippen molar-refractivity contribution >= 4 is 62.3 Å². The second-order valence-electron chi connectivity index (χ2n) is 10.7. The van der Waals surface area contributed by atoms with Gasteiger partial charge in [0.05, 0.1) is 20.6 Å². The van der Waals surface area contributed by atoms with Gasteiger partial charge in [0, 0.05) is 17.1 Å². The summed E-state index contributed by atoms with van der Waals surface area (Å²) < 4.78 is 28.9. The molecule has 0 spiro atoms. The predicted octanol–water partition coefficient (Wildman–Crippen LogP) is 6.87. The van der Waals surface area contributed by atoms with Crippen molar-refractivity contribution in [1.82, 2.24) is 10.2 Å². The molecule has 0 fully saturated rings. The maximum Gasteiger partial charge on any atom is 0.264 e. The number of hydrogen-bond acceptors (Lipinski definition) is 4. The molecule has 1 atom stereocenters. The number of carbonyl (C=O) groups excluding carboxylic acids is 2. The number of aryl methyl sites for hydroxylation is 1. The fraction of sp³-hybridized carbons (Fsp3) is 0.333. The van der Waals surface area contributed by atoms with Gasteiger partial charge in [0.1, 0.15) is 12.6 Å². The van der Waals surface area contributed by atoms with Crippen LogP contribution in [-0.2, 0) is 26.2 Å². The maximum absolute atomic E-state index is 14.1. The van der Waals surface area contributed by atoms with Crippen LogP contribution in [0.2, 0.25) is 15.1 Å². The molecule has 7 nitrogen and oxygen atoms in total. The van der Waals surface area contributed by atoms with Crippen LogP contribution in [0, 0.1) is 6.92 Å². The van der Waals surface area contributed by atoms with Crippen LogP contribution < -0.4 is 9.62 Å². The van der Waals surface area contributed by atoms with Gasteiger partial charge in [0.2, 0.25) is 11.8 Å². The number of rotatable bonds is 10. The Balaban J connectivity index is 2.11. The van der Waals surface area contributed by atoms with Gasteiger partial charge in [0.25, 0.3) is 10.0 Å². The third-order valence-electron chi connectivity index (χ3n) is 6.24. The molecule has 3 aromatic carbocycles. The number of nitrogens with one attached hydrogen (secondary N) is 1. The van der Waals surface area contributed by atoms with Gasteiger partial charge in [0.15, 0.2) is 0 Å². The van der Waals surface area contributed by atoms with Crippen LogP contribution in [0.5, 0.6) is 0 Å². The van der Waals surface area contributed by atoms with Crippen LogP contribution in [-0.4, -0.2) is 43.3 Å². The molecule has 0 heterocycles. The quantitative estimate of drug-likeness (QED) is 0.263. The van der Waals surface area contributed by atoms with Gasteiger partial charge >= 0.3 is 0 Å². The molecular formula is C30H34Cl3N3O4S. The van der Waals surface area contributed by atoms with E-state index in [1.807, 2.05) is 27.7 Å². The van der Waals surface area contributed by atoms with Crippen molar-refractivity contribution in [2.45, 2.75) is 64.1 Å². The Morgan fingerprint density at radius 2 is 1.54 bits per heavy atom. The second kappa shape index (κ2) is 13.5. The lowest BCUT2D eigenvalue weighted by Gasteiger charge is -2.35. The Morgan fingerprint density at radius 1 is 0.927 bits per heavy atom. The molecule has 11 heteroatoms. The van der Waals surface area contributed by atoms with Crippen LogP contribution >= 0.6 is 34.8 Å². The average Bonchev–Trinajstić information content (AvgIpc) is 2.89. The van der Waals surface area contributed by atoms with E-state index in [-0.39, 0.29) is 33.1 Å². The zero-order valence-electron chi connectivity index (χ0n) is 23.6. The molecule has 3 aromatic rings. The lowest BCUT2D eigenvalue weighted by atomic mass is 10.1. The van der Waals surface area contributed by atoms with E-state index in [4.69, 9.17) is 34.8 Å². The van der Waals surface area contributed by atoms with Crippen LogP contribution in [0.15, 0.2) is 71.6 Å². The summed E-state index contributed by atoms with van der Waals surface area (Å²) in [7, 11) is -4.27. The molecule has 0 saturated carbocycles. The Bertz CT molecular complexity index is 1490. The number of amides is 2. The average molecular weight is 639 g/mol. The van der Waals surface area contributed by atoms with Crippen LogP contribution in [0.3, 0.4) is 0 Å². The minimum atomic E-state index is -4.27. The summed E-state index contributed by atoms with van der Waals surface area (Å²) in [6, 6.07) is 16.9. The summed E-state index contributed by atoms with van der Waals surface area (Å²) in [5, 5.41) is 3.58. The Labute approximate surface area is 257 Å². The van der Waals surface area contributed by atoms with E-state index < -0.39 is 34.1 Å². The van der Waals surface area contributed by atoms with Gasteiger partial charge in [-0.25, -0.2) is 8.42 Å². The predicted molar refractivity (Wildman–Crippen MR) is 166 cm³/mol. The van der Waals surface area contributed by atoms with Gasteiger partial charge in [-0.05, 0) is 76.1 Å². The molecule has 41 heavy (non-hydrogen) atoms. The molecule has 0 unspecified atom stereocenters. The van der Waals surface area contributed by atoms with E-state index in [1.165, 1.54) is 29.2 Å². The van der Waals surface area contributed by atoms with Gasteiger partial charge in [-0.3, -0.25) is 13.9 Å². The maximum atomic E-state index is 14.1. The minimum Gasteiger partial charge on any atom is -0.350 e. The largest absolute Gasteiger partial charge is 0.350 e. The van der Waals surface area contributed by atoms with Crippen molar-refractivity contribution in [3.05, 3.63) is 92.9 Å². The lowest BCUT2D eigenvalue weighted by Crippen LogP contribution is -2.55. The first-order valence-corrected chi connectivity index (χ1v) is 15.6. The topological polar surface area (TPSA) is 86.8 Å². The molecule has 0 aliphatic carbocycles. The van der Waals surface area contributed by atoms with E-state index in [1.54, 1.807) is 49.4 Å². The van der Waals surface area contributed by atoms with E-state index in [9.17, 15) is 18.0 Å². The molecule has 2 amide bonds. The summed E-state index contributed by atoms with van der Waals surface area (Å²) in [5.41, 5.74) is 1.09. The first kappa shape index (κ1) is 32.7. The minimum absolute atomic E-state index is 0.0144. The highest BCUT2D eigenvalue weighted by molar-refractivity contribution is 7.92. The van der Waals surface area contributed by atoms with E-state index in [2.05, 4.69) is 5.32 Å². The summed E-state index contributed by atoms with van der Waals surface area (Å²) >= 11 is 18.8. The van der Waals surface area contributed by atoms with Crippen molar-refractivity contribution in [3.8, 4) is 0 Å². The number of sulfonamides is 1. The molecule has 0 bridgehead atoms. The summed E-state index contributed by atoms with van der Waals surface area (Å²) in [5.74, 6) is -0.946. The lowest BCUT2D eigenvalue weighted by molar-refractivity contribution is -0.141. The SMILES string of the molecule is CC[C@H](C(=O)NC(C)(C)C)N(Cc1ccc(Cl)cc1)C(=O)CN(c1cccc(Cl)c1Cl)S(=O)(=O)c1ccc(C)cc1. The molecule has 1 N–H and O–H groups in total. The van der Waals surface area contributed by atoms with Crippen molar-refractivity contribution in [2.75, 3.05) is 10.8 Å². The van der Waals surface area contributed by atoms with Crippen LogP contribution in [0.4, 0.5) is 5.69 Å². The normalized spacial score (nSPS) is 12.5. The number of benzene rings is 3. The smallest absolute Gasteiger partial charge is 0.264 e. The van der Waals surface area contributed by atoms with E-state index in [0.29, 0.717) is 11.4 Å². The number of halogens is 3. The summed E-state index contributed by atoms with van der Waals surface area (Å²) in [6.45, 7) is 8.61. The first-order chi connectivity index (χ1) is 19.1. The van der Waals surface area contributed by atoms with E-state index in [0.717, 1.165) is 15.4 Å². The number of anilines is 1.